The van der Waals surface area contributed by atoms with Crippen LogP contribution in [0.1, 0.15) is 220 Å². The molecule has 0 saturated heterocycles. The number of nitriles is 1. The first kappa shape index (κ1) is 85.2. The Morgan fingerprint density at radius 1 is 0.539 bits per heavy atom. The van der Waals surface area contributed by atoms with Gasteiger partial charge in [0.2, 0.25) is 0 Å². The average molecular weight is 1380 g/mol. The summed E-state index contributed by atoms with van der Waals surface area (Å²) in [7, 11) is 1.71. The van der Waals surface area contributed by atoms with Crippen molar-refractivity contribution in [3.05, 3.63) is 313 Å². The molecular weight excluding hydrogens is 1260 g/mol. The van der Waals surface area contributed by atoms with Crippen LogP contribution < -0.4 is 9.47 Å². The molecule has 0 radical (unpaired) electrons. The molecule has 0 fully saturated rings. The fraction of sp³-hybridized carbons (Fsp3) is 0.340. The Balaban J connectivity index is 0.000000262. The van der Waals surface area contributed by atoms with Gasteiger partial charge in [0.15, 0.2) is 5.70 Å². The van der Waals surface area contributed by atoms with Crippen molar-refractivity contribution in [2.24, 2.45) is 5.92 Å². The number of ether oxygens (including phenoxy) is 2. The second-order valence-corrected chi connectivity index (χ2v) is 29.4. The molecule has 0 aliphatic heterocycles. The lowest BCUT2D eigenvalue weighted by Crippen LogP contribution is -2.15. The molecule has 1 atom stereocenters. The van der Waals surface area contributed by atoms with Gasteiger partial charge in [0.05, 0.1) is 31.9 Å². The van der Waals surface area contributed by atoms with E-state index in [0.717, 1.165) is 57.1 Å². The smallest absolute Gasteiger partial charge is 0.195 e. The monoisotopic (exact) mass is 1380 g/mol. The van der Waals surface area contributed by atoms with E-state index in [9.17, 15) is 5.26 Å². The molecule has 1 heterocycles. The van der Waals surface area contributed by atoms with E-state index >= 15 is 0 Å². The summed E-state index contributed by atoms with van der Waals surface area (Å²) in [5, 5.41) is 9.32. The summed E-state index contributed by atoms with van der Waals surface area (Å²) in [5.74, 6) is 2.51. The van der Waals surface area contributed by atoms with Gasteiger partial charge in [-0.05, 0) is 282 Å². The molecule has 0 spiro atoms. The third kappa shape index (κ3) is 25.7. The minimum atomic E-state index is 0.142. The van der Waals surface area contributed by atoms with E-state index in [4.69, 9.17) is 16.0 Å². The SMILES string of the molecule is C/C=C/c1cc(OC)c(C)cc1OCC(CC)CCCC.C/C=C/c1ccc(C)cc1.CC=C(C)c1cccc(C)c1.Cc1cc(C)c(C)s1.Cc1ccc(C)c(C)c1.Cc1ccc2c(c1)C(C)(C)c1cc(C)ccc1-2.[C-]#[N+]/C(=C\c1cc(C)c(C)cc1C)c1cc(C)c(/C(C#N)=C/C)cc1C. The highest BCUT2D eigenvalue weighted by molar-refractivity contribution is 7.12. The van der Waals surface area contributed by atoms with Gasteiger partial charge in [-0.25, -0.2) is 4.85 Å². The zero-order chi connectivity index (χ0) is 76.0. The van der Waals surface area contributed by atoms with Crippen LogP contribution in [0.2, 0.25) is 0 Å². The molecule has 0 N–H and O–H groups in total. The van der Waals surface area contributed by atoms with Gasteiger partial charge in [-0.15, -0.1) is 11.3 Å². The number of nitrogens with zero attached hydrogens (tertiary/aromatic N) is 2. The van der Waals surface area contributed by atoms with E-state index < -0.39 is 0 Å². The first-order chi connectivity index (χ1) is 48.4. The lowest BCUT2D eigenvalue weighted by molar-refractivity contribution is 0.232. The molecule has 0 bridgehead atoms. The van der Waals surface area contributed by atoms with Gasteiger partial charge in [-0.3, -0.25) is 0 Å². The van der Waals surface area contributed by atoms with Gasteiger partial charge in [-0.2, -0.15) is 5.26 Å². The van der Waals surface area contributed by atoms with Crippen molar-refractivity contribution in [2.45, 2.75) is 204 Å². The average Bonchev–Trinajstić information content (AvgIpc) is 1.58. The minimum absolute atomic E-state index is 0.142. The third-order valence-corrected chi connectivity index (χ3v) is 20.1. The minimum Gasteiger partial charge on any atom is -0.496 e. The summed E-state index contributed by atoms with van der Waals surface area (Å²) in [6.07, 6.45) is 19.1. The second kappa shape index (κ2) is 42.2. The first-order valence-corrected chi connectivity index (χ1v) is 37.2. The largest absolute Gasteiger partial charge is 0.496 e. The van der Waals surface area contributed by atoms with Crippen molar-refractivity contribution in [3.8, 4) is 28.7 Å². The van der Waals surface area contributed by atoms with E-state index in [2.05, 4.69) is 301 Å². The molecule has 4 nitrogen and oxygen atoms in total. The van der Waals surface area contributed by atoms with Gasteiger partial charge in [0.1, 0.15) is 11.5 Å². The molecule has 102 heavy (non-hydrogen) atoms. The Morgan fingerprint density at radius 3 is 1.59 bits per heavy atom. The summed E-state index contributed by atoms with van der Waals surface area (Å²) in [5.41, 5.74) is 32.8. The molecule has 0 saturated carbocycles. The standard InChI is InChI=1S/C24H24N2.C19H30O2.C17H18.C11H14.C10H12.C9H12.C7H10S/c1-8-20(14-25)22-11-19(6)23(12-18(22)5)24(26-7)13-21-10-16(3)15(2)9-17(21)4;1-6-9-11-16(8-3)14-21-19-12-15(4)18(20-5)13-17(19)10-7-2;1-11-5-7-13-14-8-6-12(2)10-16(14)17(3,4)15(13)9-11;1-4-10(3)11-7-5-6-9(2)8-11;1-3-4-10-7-5-9(2)6-8-10;1-7-4-5-8(2)9(3)6-7;1-5-4-6(2)8-7(5)3/h8-13H,1-6H3;7,10,12-13,16H,6,8-9,11,14H2,1-5H3;5-10H,1-4H3;4-8H,1-3H3;3-8H,1-2H3;4-6H,1-3H3;4H,1-3H3/b20-8+,24-13-;10-7+;;;4-3+;;. The fourth-order valence-corrected chi connectivity index (χ4v) is 13.0. The number of methoxy groups -OCH3 is 1. The number of hydrogen-bond donors (Lipinski definition) is 0. The van der Waals surface area contributed by atoms with Crippen LogP contribution >= 0.6 is 11.3 Å². The van der Waals surface area contributed by atoms with E-state index in [-0.39, 0.29) is 5.41 Å². The summed E-state index contributed by atoms with van der Waals surface area (Å²) < 4.78 is 11.5. The number of allylic oxidation sites excluding steroid dienone is 6. The highest BCUT2D eigenvalue weighted by Gasteiger charge is 2.35. The van der Waals surface area contributed by atoms with Crippen LogP contribution in [-0.4, -0.2) is 13.7 Å². The molecule has 9 aromatic rings. The Bertz CT molecular complexity index is 4390. The third-order valence-electron chi connectivity index (χ3n) is 19.0. The summed E-state index contributed by atoms with van der Waals surface area (Å²) in [6.45, 7) is 61.5. The molecule has 1 aliphatic rings. The van der Waals surface area contributed by atoms with Gasteiger partial charge in [-0.1, -0.05) is 244 Å². The second-order valence-electron chi connectivity index (χ2n) is 28.0. The Hall–Kier alpha value is -9.26. The maximum Gasteiger partial charge on any atom is 0.195 e. The molecule has 536 valence electrons. The Morgan fingerprint density at radius 2 is 1.10 bits per heavy atom. The Labute approximate surface area is 623 Å². The predicted octanol–water partition coefficient (Wildman–Crippen LogP) is 28.5. The summed E-state index contributed by atoms with van der Waals surface area (Å²) in [4.78, 5) is 6.66. The molecule has 8 aromatic carbocycles. The number of thiophene rings is 1. The van der Waals surface area contributed by atoms with Crippen LogP contribution in [0.3, 0.4) is 0 Å². The number of fused-ring (bicyclic) bond motifs is 3. The highest BCUT2D eigenvalue weighted by Crippen LogP contribution is 2.49. The van der Waals surface area contributed by atoms with E-state index in [1.54, 1.807) is 7.11 Å². The van der Waals surface area contributed by atoms with Gasteiger partial charge in [0, 0.05) is 20.7 Å². The zero-order valence-corrected chi connectivity index (χ0v) is 67.9. The predicted molar refractivity (Wildman–Crippen MR) is 451 cm³/mol. The van der Waals surface area contributed by atoms with Crippen LogP contribution in [0.25, 0.3) is 51.0 Å². The number of rotatable bonds is 14. The van der Waals surface area contributed by atoms with Crippen molar-refractivity contribution in [2.75, 3.05) is 13.7 Å². The van der Waals surface area contributed by atoms with Crippen LogP contribution in [-0.2, 0) is 5.41 Å². The van der Waals surface area contributed by atoms with Crippen LogP contribution in [0.15, 0.2) is 170 Å². The quantitative estimate of drug-likeness (QED) is 0.0619. The van der Waals surface area contributed by atoms with Crippen molar-refractivity contribution in [1.29, 1.82) is 5.26 Å². The van der Waals surface area contributed by atoms with Crippen molar-refractivity contribution >= 4 is 46.4 Å². The maximum atomic E-state index is 9.32. The zero-order valence-electron chi connectivity index (χ0n) is 67.1. The number of aryl methyl sites for hydroxylation is 16. The summed E-state index contributed by atoms with van der Waals surface area (Å²) >= 11 is 1.87. The highest BCUT2D eigenvalue weighted by atomic mass is 32.1. The van der Waals surface area contributed by atoms with Crippen LogP contribution in [0, 0.1) is 135 Å². The van der Waals surface area contributed by atoms with E-state index in [0.29, 0.717) is 17.2 Å². The fourth-order valence-electron chi connectivity index (χ4n) is 12.1. The maximum absolute atomic E-state index is 9.32. The normalized spacial score (nSPS) is 12.1. The van der Waals surface area contributed by atoms with Gasteiger partial charge >= 0.3 is 0 Å². The molecule has 1 aromatic heterocycles. The molecule has 5 heteroatoms. The molecular formula is C97H120N2O2S. The molecule has 1 unspecified atom stereocenters. The molecule has 1 aliphatic carbocycles. The summed E-state index contributed by atoms with van der Waals surface area (Å²) in [6, 6.07) is 54.1. The van der Waals surface area contributed by atoms with Crippen molar-refractivity contribution in [3.63, 3.8) is 0 Å². The first-order valence-electron chi connectivity index (χ1n) is 36.4. The van der Waals surface area contributed by atoms with Gasteiger partial charge < -0.3 is 9.47 Å². The molecule has 0 amide bonds. The van der Waals surface area contributed by atoms with Crippen molar-refractivity contribution < 1.29 is 9.47 Å². The lowest BCUT2D eigenvalue weighted by atomic mass is 9.81. The van der Waals surface area contributed by atoms with E-state index in [1.807, 2.05) is 82.4 Å². The topological polar surface area (TPSA) is 46.6 Å². The van der Waals surface area contributed by atoms with E-state index in [1.165, 1.54) is 136 Å². The van der Waals surface area contributed by atoms with Crippen LogP contribution in [0.5, 0.6) is 11.5 Å². The number of hydrogen-bond acceptors (Lipinski definition) is 4. The van der Waals surface area contributed by atoms with Crippen molar-refractivity contribution in [1.82, 2.24) is 0 Å². The van der Waals surface area contributed by atoms with Gasteiger partial charge in [0.25, 0.3) is 0 Å². The van der Waals surface area contributed by atoms with Crippen LogP contribution in [0.4, 0.5) is 0 Å². The number of unbranched alkanes of at least 4 members (excludes halogenated alkanes) is 1. The number of benzene rings is 8. The lowest BCUT2D eigenvalue weighted by Gasteiger charge is -2.22. The molecule has 10 rings (SSSR count). The Kier molecular flexibility index (Phi) is 35.3.